The highest BCUT2D eigenvalue weighted by Crippen LogP contribution is 2.37. The number of rotatable bonds is 9. The summed E-state index contributed by atoms with van der Waals surface area (Å²) in [4.78, 5) is 0. The first-order valence-electron chi connectivity index (χ1n) is 9.33. The summed E-state index contributed by atoms with van der Waals surface area (Å²) in [6.07, 6.45) is -12.6. The molecule has 0 spiro atoms. The first-order valence-corrected chi connectivity index (χ1v) is 8.83. The number of phenolic OH excluding ortho intramolecular Hbond substituents is 1. The van der Waals surface area contributed by atoms with Crippen LogP contribution in [0.3, 0.4) is 0 Å². The Morgan fingerprint density at radius 2 is 1.66 bits per heavy atom. The summed E-state index contributed by atoms with van der Waals surface area (Å²) in [5.41, 5.74) is 0.300. The van der Waals surface area contributed by atoms with Crippen molar-refractivity contribution in [3.8, 4) is 17.2 Å². The second-order valence-electron chi connectivity index (χ2n) is 6.51. The standard InChI is InChI=1S/C18H28O11/c1-26-11-4-8(5-12(27-2)14(11)22)3-10(9(21)6-19)28-18-17(25)16(24)15(23)13(7-20)29-18/h4-5,9-10,13,15-25H,3,6-7H2,1-2H3/t9?,10?,13-,15-,16+,17-,18?/m1/s1/i10D. The minimum atomic E-state index is -2.31. The average molecular weight is 421 g/mol. The van der Waals surface area contributed by atoms with Crippen molar-refractivity contribution in [2.45, 2.75) is 49.3 Å². The van der Waals surface area contributed by atoms with Gasteiger partial charge < -0.3 is 54.7 Å². The number of benzene rings is 1. The van der Waals surface area contributed by atoms with Crippen molar-refractivity contribution >= 4 is 0 Å². The predicted molar refractivity (Wildman–Crippen MR) is 96.6 cm³/mol. The van der Waals surface area contributed by atoms with E-state index in [0.717, 1.165) is 0 Å². The number of ether oxygens (including phenoxy) is 4. The molecule has 1 fully saturated rings. The number of phenols is 1. The fourth-order valence-electron chi connectivity index (χ4n) is 2.90. The molecule has 1 saturated heterocycles. The van der Waals surface area contributed by atoms with Crippen LogP contribution in [0.25, 0.3) is 0 Å². The second-order valence-corrected chi connectivity index (χ2v) is 6.51. The molecule has 0 aromatic heterocycles. The van der Waals surface area contributed by atoms with Crippen molar-refractivity contribution in [2.24, 2.45) is 0 Å². The van der Waals surface area contributed by atoms with E-state index in [1.165, 1.54) is 26.4 Å². The Labute approximate surface area is 168 Å². The molecule has 1 aliphatic heterocycles. The summed E-state index contributed by atoms with van der Waals surface area (Å²) in [7, 11) is 2.61. The smallest absolute Gasteiger partial charge is 0.200 e. The molecular formula is C18H28O11. The highest BCUT2D eigenvalue weighted by atomic mass is 16.7. The van der Waals surface area contributed by atoms with Gasteiger partial charge in [-0.2, -0.15) is 0 Å². The zero-order valence-electron chi connectivity index (χ0n) is 17.0. The summed E-state index contributed by atoms with van der Waals surface area (Å²) in [6, 6.07) is 2.73. The molecule has 1 aromatic carbocycles. The molecule has 1 aromatic rings. The molecule has 7 N–H and O–H groups in total. The van der Waals surface area contributed by atoms with Crippen LogP contribution in [0, 0.1) is 0 Å². The number of aliphatic hydroxyl groups is 6. The number of methoxy groups -OCH3 is 2. The number of hydrogen-bond acceptors (Lipinski definition) is 11. The lowest BCUT2D eigenvalue weighted by molar-refractivity contribution is -0.317. The first kappa shape index (κ1) is 22.0. The Bertz CT molecular complexity index is 678. The first-order chi connectivity index (χ1) is 14.1. The second kappa shape index (κ2) is 10.4. The molecule has 166 valence electrons. The van der Waals surface area contributed by atoms with Crippen molar-refractivity contribution in [1.29, 1.82) is 0 Å². The van der Waals surface area contributed by atoms with E-state index in [-0.39, 0.29) is 17.2 Å². The lowest BCUT2D eigenvalue weighted by Gasteiger charge is -2.41. The van der Waals surface area contributed by atoms with Crippen LogP contribution in [-0.2, 0) is 15.9 Å². The minimum Gasteiger partial charge on any atom is -0.502 e. The Morgan fingerprint density at radius 3 is 2.14 bits per heavy atom. The van der Waals surface area contributed by atoms with Gasteiger partial charge >= 0.3 is 0 Å². The molecule has 11 nitrogen and oxygen atoms in total. The topological polar surface area (TPSA) is 179 Å². The van der Waals surface area contributed by atoms with Gasteiger partial charge in [0.1, 0.15) is 30.5 Å². The quantitative estimate of drug-likeness (QED) is 0.224. The normalized spacial score (nSPS) is 30.9. The van der Waals surface area contributed by atoms with Gasteiger partial charge in [-0.1, -0.05) is 0 Å². The molecule has 1 heterocycles. The molecule has 3 unspecified atom stereocenters. The van der Waals surface area contributed by atoms with Crippen molar-refractivity contribution in [1.82, 2.24) is 0 Å². The largest absolute Gasteiger partial charge is 0.502 e. The van der Waals surface area contributed by atoms with Gasteiger partial charge in [0.2, 0.25) is 5.75 Å². The van der Waals surface area contributed by atoms with Crippen molar-refractivity contribution in [3.05, 3.63) is 17.7 Å². The Balaban J connectivity index is 2.34. The van der Waals surface area contributed by atoms with Gasteiger partial charge in [-0.15, -0.1) is 0 Å². The van der Waals surface area contributed by atoms with Crippen molar-refractivity contribution < 1.29 is 56.1 Å². The molecule has 11 heteroatoms. The van der Waals surface area contributed by atoms with Crippen LogP contribution in [0.2, 0.25) is 0 Å². The molecule has 7 atom stereocenters. The lowest BCUT2D eigenvalue weighted by Crippen LogP contribution is -2.60. The third-order valence-electron chi connectivity index (χ3n) is 4.58. The Morgan fingerprint density at radius 1 is 1.07 bits per heavy atom. The molecule has 0 radical (unpaired) electrons. The van der Waals surface area contributed by atoms with E-state index in [0.29, 0.717) is 5.56 Å². The highest BCUT2D eigenvalue weighted by Gasteiger charge is 2.45. The van der Waals surface area contributed by atoms with Gasteiger partial charge in [0.05, 0.1) is 34.9 Å². The molecule has 0 aliphatic carbocycles. The van der Waals surface area contributed by atoms with E-state index >= 15 is 0 Å². The third kappa shape index (κ3) is 5.27. The summed E-state index contributed by atoms with van der Waals surface area (Å²) in [5, 5.41) is 68.9. The monoisotopic (exact) mass is 421 g/mol. The Kier molecular flexibility index (Phi) is 7.86. The van der Waals surface area contributed by atoms with Crippen molar-refractivity contribution in [3.63, 3.8) is 0 Å². The molecule has 29 heavy (non-hydrogen) atoms. The summed E-state index contributed by atoms with van der Waals surface area (Å²) >= 11 is 0. The van der Waals surface area contributed by atoms with Gasteiger partial charge in [0, 0.05) is 6.42 Å². The van der Waals surface area contributed by atoms with Crippen LogP contribution in [0.15, 0.2) is 12.1 Å². The van der Waals surface area contributed by atoms with E-state index in [1.54, 1.807) is 0 Å². The van der Waals surface area contributed by atoms with Crippen LogP contribution < -0.4 is 9.47 Å². The van der Waals surface area contributed by atoms with Crippen LogP contribution in [0.4, 0.5) is 0 Å². The summed E-state index contributed by atoms with van der Waals surface area (Å²) in [6.45, 7) is -1.59. The molecule has 0 bridgehead atoms. The van der Waals surface area contributed by atoms with Crippen LogP contribution in [0.1, 0.15) is 6.93 Å². The minimum absolute atomic E-state index is 0.0260. The van der Waals surface area contributed by atoms with E-state index in [9.17, 15) is 35.7 Å². The van der Waals surface area contributed by atoms with Gasteiger partial charge in [-0.05, 0) is 17.7 Å². The zero-order chi connectivity index (χ0) is 22.6. The van der Waals surface area contributed by atoms with Gasteiger partial charge in [0.15, 0.2) is 17.8 Å². The van der Waals surface area contributed by atoms with E-state index in [4.69, 9.17) is 20.3 Å². The van der Waals surface area contributed by atoms with Crippen LogP contribution in [-0.4, -0.2) is 106 Å². The van der Waals surface area contributed by atoms with Crippen LogP contribution in [0.5, 0.6) is 17.2 Å². The molecule has 0 saturated carbocycles. The fraction of sp³-hybridized carbons (Fsp3) is 0.667. The predicted octanol–water partition coefficient (Wildman–Crippen LogP) is -2.51. The number of aliphatic hydroxyl groups excluding tert-OH is 6. The maximum absolute atomic E-state index is 10.2. The third-order valence-corrected chi connectivity index (χ3v) is 4.58. The van der Waals surface area contributed by atoms with E-state index in [2.05, 4.69) is 0 Å². The molecule has 1 aliphatic rings. The van der Waals surface area contributed by atoms with Gasteiger partial charge in [0.25, 0.3) is 0 Å². The molecule has 2 rings (SSSR count). The van der Waals surface area contributed by atoms with E-state index in [1.807, 2.05) is 0 Å². The SMILES string of the molecule is [2H]C(Cc1cc(OC)c(O)c(OC)c1)(OC1O[C@H](CO)[C@@H](O)[C@H](O)[C@H]1O)C(O)CO. The summed E-state index contributed by atoms with van der Waals surface area (Å²) in [5.74, 6) is -0.229. The fourth-order valence-corrected chi connectivity index (χ4v) is 2.90. The van der Waals surface area contributed by atoms with Crippen LogP contribution >= 0.6 is 0 Å². The average Bonchev–Trinajstić information content (AvgIpc) is 2.74. The lowest BCUT2D eigenvalue weighted by atomic mass is 9.98. The summed E-state index contributed by atoms with van der Waals surface area (Å²) < 4.78 is 29.3. The molecule has 0 amide bonds. The molecular weight excluding hydrogens is 392 g/mol. The number of aromatic hydroxyl groups is 1. The maximum Gasteiger partial charge on any atom is 0.200 e. The highest BCUT2D eigenvalue weighted by molar-refractivity contribution is 5.52. The van der Waals surface area contributed by atoms with Crippen molar-refractivity contribution in [2.75, 3.05) is 27.4 Å². The maximum atomic E-state index is 10.2. The zero-order valence-corrected chi connectivity index (χ0v) is 16.0. The van der Waals surface area contributed by atoms with Gasteiger partial charge in [-0.25, -0.2) is 0 Å². The van der Waals surface area contributed by atoms with E-state index < -0.39 is 62.5 Å². The number of hydrogen-bond donors (Lipinski definition) is 7. The van der Waals surface area contributed by atoms with Gasteiger partial charge in [-0.3, -0.25) is 0 Å². The Hall–Kier alpha value is -1.70.